The number of carbonyl (C=O) groups excluding carboxylic acids is 1. The van der Waals surface area contributed by atoms with E-state index >= 15 is 0 Å². The van der Waals surface area contributed by atoms with Crippen LogP contribution < -0.4 is 15.5 Å². The van der Waals surface area contributed by atoms with Gasteiger partial charge in [0.05, 0.1) is 24.1 Å². The van der Waals surface area contributed by atoms with Crippen LogP contribution in [0.3, 0.4) is 0 Å². The molecular formula is C18H29N3O2. The van der Waals surface area contributed by atoms with Gasteiger partial charge in [0, 0.05) is 20.6 Å². The topological polar surface area (TPSA) is 53.6 Å². The van der Waals surface area contributed by atoms with E-state index in [1.165, 1.54) is 19.3 Å². The Morgan fingerprint density at radius 3 is 2.74 bits per heavy atom. The first-order valence-electron chi connectivity index (χ1n) is 8.50. The monoisotopic (exact) mass is 319 g/mol. The van der Waals surface area contributed by atoms with E-state index in [9.17, 15) is 4.79 Å². The molecule has 128 valence electrons. The van der Waals surface area contributed by atoms with Gasteiger partial charge in [-0.2, -0.15) is 0 Å². The van der Waals surface area contributed by atoms with Crippen LogP contribution >= 0.6 is 0 Å². The molecule has 0 spiro atoms. The minimum atomic E-state index is -0.195. The van der Waals surface area contributed by atoms with Gasteiger partial charge in [0.15, 0.2) is 0 Å². The summed E-state index contributed by atoms with van der Waals surface area (Å²) in [5.41, 5.74) is 1.78. The van der Waals surface area contributed by atoms with E-state index in [0.29, 0.717) is 25.2 Å². The van der Waals surface area contributed by atoms with Crippen molar-refractivity contribution in [2.75, 3.05) is 37.5 Å². The molecular weight excluding hydrogens is 290 g/mol. The first-order chi connectivity index (χ1) is 11.1. The van der Waals surface area contributed by atoms with Crippen LogP contribution in [0.2, 0.25) is 0 Å². The standard InChI is InChI=1S/C18H29N3O2/c1-14-8-4-7-11-17(14)23-13-12-19-18(22)20-15-9-5-6-10-16(15)21(2)3/h5-6,9-10,14,17H,4,7-8,11-13H2,1-3H3,(H2,19,20,22)/t14-,17-/m0/s1. The second-order valence-corrected chi connectivity index (χ2v) is 6.46. The fraction of sp³-hybridized carbons (Fsp3) is 0.611. The van der Waals surface area contributed by atoms with E-state index in [4.69, 9.17) is 4.74 Å². The van der Waals surface area contributed by atoms with Gasteiger partial charge >= 0.3 is 6.03 Å². The molecule has 5 nitrogen and oxygen atoms in total. The average Bonchev–Trinajstić information content (AvgIpc) is 2.53. The van der Waals surface area contributed by atoms with Crippen LogP contribution in [-0.2, 0) is 4.74 Å². The summed E-state index contributed by atoms with van der Waals surface area (Å²) in [5.74, 6) is 0.629. The number of hydrogen-bond donors (Lipinski definition) is 2. The molecule has 1 saturated carbocycles. The maximum absolute atomic E-state index is 12.0. The highest BCUT2D eigenvalue weighted by atomic mass is 16.5. The molecule has 0 saturated heterocycles. The normalized spacial score (nSPS) is 20.8. The van der Waals surface area contributed by atoms with E-state index < -0.39 is 0 Å². The third-order valence-electron chi connectivity index (χ3n) is 4.39. The Morgan fingerprint density at radius 1 is 1.26 bits per heavy atom. The van der Waals surface area contributed by atoms with Crippen LogP contribution in [0.5, 0.6) is 0 Å². The fourth-order valence-corrected chi connectivity index (χ4v) is 3.04. The number of urea groups is 1. The number of benzene rings is 1. The second kappa shape index (κ2) is 8.77. The number of ether oxygens (including phenoxy) is 1. The first-order valence-corrected chi connectivity index (χ1v) is 8.50. The van der Waals surface area contributed by atoms with Crippen molar-refractivity contribution >= 4 is 17.4 Å². The predicted octanol–water partition coefficient (Wildman–Crippen LogP) is 3.47. The number of hydrogen-bond acceptors (Lipinski definition) is 3. The van der Waals surface area contributed by atoms with E-state index in [2.05, 4.69) is 17.6 Å². The summed E-state index contributed by atoms with van der Waals surface area (Å²) < 4.78 is 5.91. The first kappa shape index (κ1) is 17.6. The lowest BCUT2D eigenvalue weighted by Gasteiger charge is -2.28. The highest BCUT2D eigenvalue weighted by molar-refractivity contribution is 5.93. The minimum absolute atomic E-state index is 0.195. The summed E-state index contributed by atoms with van der Waals surface area (Å²) in [5, 5.41) is 5.75. The summed E-state index contributed by atoms with van der Waals surface area (Å²) in [6, 6.07) is 7.55. The lowest BCUT2D eigenvalue weighted by atomic mass is 9.88. The lowest BCUT2D eigenvalue weighted by molar-refractivity contribution is -0.00232. The zero-order valence-electron chi connectivity index (χ0n) is 14.5. The molecule has 2 amide bonds. The number of anilines is 2. The van der Waals surface area contributed by atoms with Gasteiger partial charge in [-0.05, 0) is 30.9 Å². The number of amides is 2. The maximum atomic E-state index is 12.0. The van der Waals surface area contributed by atoms with E-state index in [0.717, 1.165) is 17.8 Å². The molecule has 1 aliphatic rings. The predicted molar refractivity (Wildman–Crippen MR) is 95.2 cm³/mol. The zero-order valence-corrected chi connectivity index (χ0v) is 14.5. The molecule has 1 fully saturated rings. The molecule has 0 radical (unpaired) electrons. The summed E-state index contributed by atoms with van der Waals surface area (Å²) in [6.45, 7) is 3.35. The molecule has 2 rings (SSSR count). The van der Waals surface area contributed by atoms with Crippen molar-refractivity contribution < 1.29 is 9.53 Å². The van der Waals surface area contributed by atoms with Gasteiger partial charge in [-0.15, -0.1) is 0 Å². The molecule has 1 aromatic carbocycles. The van der Waals surface area contributed by atoms with Crippen LogP contribution in [0.25, 0.3) is 0 Å². The Kier molecular flexibility index (Phi) is 6.71. The van der Waals surface area contributed by atoms with Crippen LogP contribution in [0.4, 0.5) is 16.2 Å². The molecule has 0 bridgehead atoms. The van der Waals surface area contributed by atoms with Crippen molar-refractivity contribution in [2.24, 2.45) is 5.92 Å². The Hall–Kier alpha value is -1.75. The number of nitrogens with zero attached hydrogens (tertiary/aromatic N) is 1. The Bertz CT molecular complexity index is 505. The van der Waals surface area contributed by atoms with Crippen molar-refractivity contribution in [1.82, 2.24) is 5.32 Å². The van der Waals surface area contributed by atoms with Crippen molar-refractivity contribution in [1.29, 1.82) is 0 Å². The van der Waals surface area contributed by atoms with Gasteiger partial charge in [-0.25, -0.2) is 4.79 Å². The summed E-state index contributed by atoms with van der Waals surface area (Å²) >= 11 is 0. The van der Waals surface area contributed by atoms with Crippen LogP contribution in [-0.4, -0.2) is 39.4 Å². The number of rotatable bonds is 6. The number of para-hydroxylation sites is 2. The van der Waals surface area contributed by atoms with Crippen LogP contribution in [0.15, 0.2) is 24.3 Å². The van der Waals surface area contributed by atoms with Crippen molar-refractivity contribution in [3.8, 4) is 0 Å². The molecule has 1 aromatic rings. The van der Waals surface area contributed by atoms with Gasteiger partial charge in [-0.1, -0.05) is 31.9 Å². The minimum Gasteiger partial charge on any atom is -0.376 e. The Labute approximate surface area is 139 Å². The van der Waals surface area contributed by atoms with Crippen molar-refractivity contribution in [3.63, 3.8) is 0 Å². The highest BCUT2D eigenvalue weighted by Gasteiger charge is 2.21. The molecule has 1 aliphatic carbocycles. The number of carbonyl (C=O) groups is 1. The van der Waals surface area contributed by atoms with Crippen molar-refractivity contribution in [2.45, 2.75) is 38.7 Å². The van der Waals surface area contributed by atoms with Crippen LogP contribution in [0.1, 0.15) is 32.6 Å². The largest absolute Gasteiger partial charge is 0.376 e. The Morgan fingerprint density at radius 2 is 2.00 bits per heavy atom. The highest BCUT2D eigenvalue weighted by Crippen LogP contribution is 2.26. The molecule has 0 aromatic heterocycles. The Balaban J connectivity index is 1.71. The third-order valence-corrected chi connectivity index (χ3v) is 4.39. The molecule has 0 heterocycles. The van der Waals surface area contributed by atoms with E-state index in [1.807, 2.05) is 43.3 Å². The van der Waals surface area contributed by atoms with Gasteiger partial charge in [0.1, 0.15) is 0 Å². The molecule has 5 heteroatoms. The lowest BCUT2D eigenvalue weighted by Crippen LogP contribution is -2.34. The summed E-state index contributed by atoms with van der Waals surface area (Å²) in [7, 11) is 3.91. The third kappa shape index (κ3) is 5.43. The summed E-state index contributed by atoms with van der Waals surface area (Å²) in [4.78, 5) is 14.0. The van der Waals surface area contributed by atoms with Gasteiger partial charge < -0.3 is 20.3 Å². The van der Waals surface area contributed by atoms with Gasteiger partial charge in [0.25, 0.3) is 0 Å². The molecule has 23 heavy (non-hydrogen) atoms. The van der Waals surface area contributed by atoms with Crippen LogP contribution in [0, 0.1) is 5.92 Å². The second-order valence-electron chi connectivity index (χ2n) is 6.46. The smallest absolute Gasteiger partial charge is 0.319 e. The molecule has 0 aliphatic heterocycles. The quantitative estimate of drug-likeness (QED) is 0.789. The molecule has 2 atom stereocenters. The maximum Gasteiger partial charge on any atom is 0.319 e. The van der Waals surface area contributed by atoms with Gasteiger partial charge in [-0.3, -0.25) is 0 Å². The van der Waals surface area contributed by atoms with E-state index in [-0.39, 0.29) is 6.03 Å². The fourth-order valence-electron chi connectivity index (χ4n) is 3.04. The molecule has 2 N–H and O–H groups in total. The van der Waals surface area contributed by atoms with Gasteiger partial charge in [0.2, 0.25) is 0 Å². The average molecular weight is 319 g/mol. The van der Waals surface area contributed by atoms with Crippen molar-refractivity contribution in [3.05, 3.63) is 24.3 Å². The zero-order chi connectivity index (χ0) is 16.7. The molecule has 0 unspecified atom stereocenters. The number of nitrogens with one attached hydrogen (secondary N) is 2. The van der Waals surface area contributed by atoms with E-state index in [1.54, 1.807) is 0 Å². The summed E-state index contributed by atoms with van der Waals surface area (Å²) in [6.07, 6.45) is 5.31. The SMILES string of the molecule is C[C@H]1CCCC[C@@H]1OCCNC(=O)Nc1ccccc1N(C)C.